The number of nitrogens with one attached hydrogen (secondary N) is 2. The molecule has 6 nitrogen and oxygen atoms in total. The Morgan fingerprint density at radius 3 is 2.62 bits per heavy atom. The molecular formula is C19H18FN5O. The van der Waals surface area contributed by atoms with Gasteiger partial charge in [0.25, 0.3) is 5.91 Å². The van der Waals surface area contributed by atoms with Crippen molar-refractivity contribution in [2.24, 2.45) is 0 Å². The van der Waals surface area contributed by atoms with Gasteiger partial charge in [-0.1, -0.05) is 18.2 Å². The summed E-state index contributed by atoms with van der Waals surface area (Å²) in [5.74, 6) is -0.174. The van der Waals surface area contributed by atoms with E-state index in [1.54, 1.807) is 24.4 Å². The van der Waals surface area contributed by atoms with E-state index in [9.17, 15) is 9.18 Å². The maximum atomic E-state index is 12.9. The zero-order chi connectivity index (χ0) is 18.2. The minimum absolute atomic E-state index is 0.255. The molecule has 0 aliphatic heterocycles. The Bertz CT molecular complexity index is 855. The van der Waals surface area contributed by atoms with Crippen molar-refractivity contribution in [1.29, 1.82) is 0 Å². The van der Waals surface area contributed by atoms with Crippen molar-refractivity contribution < 1.29 is 9.18 Å². The number of rotatable bonds is 7. The van der Waals surface area contributed by atoms with Crippen molar-refractivity contribution in [3.8, 4) is 0 Å². The topological polar surface area (TPSA) is 79.8 Å². The van der Waals surface area contributed by atoms with Crippen LogP contribution in [-0.2, 0) is 13.0 Å². The molecule has 2 heterocycles. The van der Waals surface area contributed by atoms with Crippen LogP contribution in [0.2, 0.25) is 0 Å². The van der Waals surface area contributed by atoms with Crippen LogP contribution < -0.4 is 10.6 Å². The zero-order valence-electron chi connectivity index (χ0n) is 14.0. The van der Waals surface area contributed by atoms with Gasteiger partial charge in [0.15, 0.2) is 0 Å². The van der Waals surface area contributed by atoms with Crippen LogP contribution in [0.1, 0.15) is 21.7 Å². The summed E-state index contributed by atoms with van der Waals surface area (Å²) in [7, 11) is 0. The highest BCUT2D eigenvalue weighted by atomic mass is 19.1. The van der Waals surface area contributed by atoms with Crippen LogP contribution in [0.4, 0.5) is 10.3 Å². The van der Waals surface area contributed by atoms with Crippen molar-refractivity contribution in [3.05, 3.63) is 83.7 Å². The molecule has 132 valence electrons. The smallest absolute Gasteiger partial charge is 0.270 e. The highest BCUT2D eigenvalue weighted by molar-refractivity contribution is 5.92. The van der Waals surface area contributed by atoms with E-state index in [4.69, 9.17) is 0 Å². The van der Waals surface area contributed by atoms with Crippen LogP contribution in [0.3, 0.4) is 0 Å². The van der Waals surface area contributed by atoms with Gasteiger partial charge < -0.3 is 10.6 Å². The number of carbonyl (C=O) groups excluding carboxylic acids is 1. The number of halogens is 1. The largest absolute Gasteiger partial charge is 0.354 e. The van der Waals surface area contributed by atoms with E-state index < -0.39 is 0 Å². The number of hydrogen-bond acceptors (Lipinski definition) is 5. The predicted molar refractivity (Wildman–Crippen MR) is 96.0 cm³/mol. The van der Waals surface area contributed by atoms with Crippen LogP contribution >= 0.6 is 0 Å². The second-order valence-electron chi connectivity index (χ2n) is 5.57. The lowest BCUT2D eigenvalue weighted by atomic mass is 10.1. The highest BCUT2D eigenvalue weighted by Gasteiger charge is 2.08. The van der Waals surface area contributed by atoms with E-state index in [-0.39, 0.29) is 17.4 Å². The van der Waals surface area contributed by atoms with Crippen molar-refractivity contribution in [3.63, 3.8) is 0 Å². The average molecular weight is 351 g/mol. The van der Waals surface area contributed by atoms with Gasteiger partial charge in [0.2, 0.25) is 5.95 Å². The molecule has 7 heteroatoms. The van der Waals surface area contributed by atoms with Gasteiger partial charge in [-0.25, -0.2) is 14.4 Å². The van der Waals surface area contributed by atoms with Crippen LogP contribution in [-0.4, -0.2) is 27.4 Å². The van der Waals surface area contributed by atoms with Gasteiger partial charge in [-0.2, -0.15) is 0 Å². The zero-order valence-corrected chi connectivity index (χ0v) is 14.0. The Morgan fingerprint density at radius 2 is 1.85 bits per heavy atom. The predicted octanol–water partition coefficient (Wildman–Crippen LogP) is 2.60. The molecule has 0 saturated heterocycles. The minimum atomic E-state index is -0.292. The van der Waals surface area contributed by atoms with Crippen LogP contribution in [0, 0.1) is 5.82 Å². The molecule has 0 atom stereocenters. The summed E-state index contributed by atoms with van der Waals surface area (Å²) < 4.78 is 12.9. The molecule has 1 amide bonds. The molecule has 26 heavy (non-hydrogen) atoms. The first-order valence-corrected chi connectivity index (χ1v) is 8.20. The fourth-order valence-electron chi connectivity index (χ4n) is 2.30. The Labute approximate surface area is 150 Å². The van der Waals surface area contributed by atoms with Crippen LogP contribution in [0.25, 0.3) is 0 Å². The van der Waals surface area contributed by atoms with Gasteiger partial charge in [0.05, 0.1) is 12.2 Å². The van der Waals surface area contributed by atoms with E-state index in [1.165, 1.54) is 18.3 Å². The van der Waals surface area contributed by atoms with Gasteiger partial charge >= 0.3 is 0 Å². The number of benzene rings is 1. The summed E-state index contributed by atoms with van der Waals surface area (Å²) in [6.07, 6.45) is 3.90. The molecule has 1 aromatic carbocycles. The number of anilines is 1. The molecule has 0 bridgehead atoms. The molecule has 0 fully saturated rings. The van der Waals surface area contributed by atoms with Crippen molar-refractivity contribution in [1.82, 2.24) is 20.3 Å². The quantitative estimate of drug-likeness (QED) is 0.684. The Balaban J connectivity index is 1.52. The molecule has 0 radical (unpaired) electrons. The normalized spacial score (nSPS) is 10.3. The molecule has 2 aromatic heterocycles. The second-order valence-corrected chi connectivity index (χ2v) is 5.57. The highest BCUT2D eigenvalue weighted by Crippen LogP contribution is 2.05. The maximum absolute atomic E-state index is 12.9. The maximum Gasteiger partial charge on any atom is 0.270 e. The molecule has 0 aliphatic carbocycles. The van der Waals surface area contributed by atoms with Gasteiger partial charge in [-0.3, -0.25) is 9.78 Å². The molecule has 2 N–H and O–H groups in total. The first-order chi connectivity index (χ1) is 12.7. The number of amides is 1. The van der Waals surface area contributed by atoms with Crippen molar-refractivity contribution >= 4 is 11.9 Å². The fourth-order valence-corrected chi connectivity index (χ4v) is 2.30. The minimum Gasteiger partial charge on any atom is -0.354 e. The summed E-state index contributed by atoms with van der Waals surface area (Å²) >= 11 is 0. The monoisotopic (exact) mass is 351 g/mol. The molecule has 3 rings (SSSR count). The Kier molecular flexibility index (Phi) is 5.82. The first kappa shape index (κ1) is 17.5. The third-order valence-corrected chi connectivity index (χ3v) is 3.65. The number of hydrogen-bond donors (Lipinski definition) is 2. The molecule has 0 aliphatic rings. The number of pyridine rings is 1. The lowest BCUT2D eigenvalue weighted by Gasteiger charge is -2.07. The lowest BCUT2D eigenvalue weighted by molar-refractivity contribution is 0.0945. The molecule has 0 spiro atoms. The van der Waals surface area contributed by atoms with Gasteiger partial charge in [0.1, 0.15) is 11.5 Å². The lowest BCUT2D eigenvalue weighted by Crippen LogP contribution is -2.24. The number of aromatic nitrogens is 3. The first-order valence-electron chi connectivity index (χ1n) is 8.20. The molecule has 0 unspecified atom stereocenters. The summed E-state index contributed by atoms with van der Waals surface area (Å²) in [5, 5.41) is 5.84. The van der Waals surface area contributed by atoms with Gasteiger partial charge in [-0.15, -0.1) is 0 Å². The van der Waals surface area contributed by atoms with Gasteiger partial charge in [0, 0.05) is 18.9 Å². The van der Waals surface area contributed by atoms with Gasteiger partial charge in [-0.05, 0) is 42.3 Å². The van der Waals surface area contributed by atoms with Crippen molar-refractivity contribution in [2.75, 3.05) is 11.9 Å². The fraction of sp³-hybridized carbons (Fsp3) is 0.158. The number of carbonyl (C=O) groups is 1. The van der Waals surface area contributed by atoms with Crippen molar-refractivity contribution in [2.45, 2.75) is 13.0 Å². The summed E-state index contributed by atoms with van der Waals surface area (Å²) in [6.45, 7) is 0.904. The summed E-state index contributed by atoms with van der Waals surface area (Å²) in [6, 6.07) is 13.4. The van der Waals surface area contributed by atoms with Crippen LogP contribution in [0.15, 0.2) is 60.9 Å². The third kappa shape index (κ3) is 5.07. The van der Waals surface area contributed by atoms with Crippen LogP contribution in [0.5, 0.6) is 0 Å². The van der Waals surface area contributed by atoms with E-state index in [0.717, 1.165) is 11.3 Å². The Hall–Kier alpha value is -3.35. The summed E-state index contributed by atoms with van der Waals surface area (Å²) in [4.78, 5) is 24.7. The molecular weight excluding hydrogens is 333 g/mol. The third-order valence-electron chi connectivity index (χ3n) is 3.65. The average Bonchev–Trinajstić information content (AvgIpc) is 2.69. The number of nitrogens with zero attached hydrogens (tertiary/aromatic N) is 3. The van der Waals surface area contributed by atoms with E-state index in [2.05, 4.69) is 25.6 Å². The van der Waals surface area contributed by atoms with E-state index >= 15 is 0 Å². The SMILES string of the molecule is O=C(NCc1ccccn1)c1ccnc(NCCc2ccc(F)cc2)n1. The Morgan fingerprint density at radius 1 is 1.00 bits per heavy atom. The summed E-state index contributed by atoms with van der Waals surface area (Å²) in [5.41, 5.74) is 2.05. The van der Waals surface area contributed by atoms with E-state index in [1.807, 2.05) is 18.2 Å². The second kappa shape index (κ2) is 8.66. The molecule has 3 aromatic rings. The van der Waals surface area contributed by atoms with E-state index in [0.29, 0.717) is 25.5 Å². The standard InChI is InChI=1S/C19H18FN5O/c20-15-6-4-14(5-7-15)8-11-22-19-23-12-9-17(25-19)18(26)24-13-16-3-1-2-10-21-16/h1-7,9-10,12H,8,11,13H2,(H,24,26)(H,22,23,25). The molecule has 0 saturated carbocycles.